The third-order valence-electron chi connectivity index (χ3n) is 2.37. The van der Waals surface area contributed by atoms with Crippen LogP contribution in [0.4, 0.5) is 14.5 Å². The summed E-state index contributed by atoms with van der Waals surface area (Å²) in [4.78, 5) is 11.2. The zero-order valence-corrected chi connectivity index (χ0v) is 10.4. The van der Waals surface area contributed by atoms with Crippen molar-refractivity contribution in [1.29, 1.82) is 0 Å². The molecule has 0 aliphatic carbocycles. The standard InChI is InChI=1S/C12H10F2N4O2/c1-16-12(19)9-2-3-11(18-17-9)20-10-5-6(13)8(15)4-7(10)14/h2-5H,15H2,1H3,(H,16,19). The first-order valence-corrected chi connectivity index (χ1v) is 5.49. The van der Waals surface area contributed by atoms with Crippen LogP contribution >= 0.6 is 0 Å². The number of benzene rings is 1. The van der Waals surface area contributed by atoms with Crippen molar-refractivity contribution in [2.45, 2.75) is 0 Å². The van der Waals surface area contributed by atoms with Crippen LogP contribution in [-0.4, -0.2) is 23.2 Å². The summed E-state index contributed by atoms with van der Waals surface area (Å²) in [5, 5.41) is 9.54. The number of carbonyl (C=O) groups excluding carboxylic acids is 1. The maximum Gasteiger partial charge on any atom is 0.271 e. The summed E-state index contributed by atoms with van der Waals surface area (Å²) in [7, 11) is 1.45. The minimum Gasteiger partial charge on any atom is -0.434 e. The van der Waals surface area contributed by atoms with Crippen LogP contribution < -0.4 is 15.8 Å². The first-order valence-electron chi connectivity index (χ1n) is 5.49. The van der Waals surface area contributed by atoms with E-state index in [2.05, 4.69) is 15.5 Å². The van der Waals surface area contributed by atoms with Crippen molar-refractivity contribution in [2.75, 3.05) is 12.8 Å². The average molecular weight is 280 g/mol. The largest absolute Gasteiger partial charge is 0.434 e. The lowest BCUT2D eigenvalue weighted by molar-refractivity contribution is 0.0957. The van der Waals surface area contributed by atoms with Crippen molar-refractivity contribution in [3.05, 3.63) is 41.6 Å². The zero-order chi connectivity index (χ0) is 14.7. The van der Waals surface area contributed by atoms with E-state index in [9.17, 15) is 13.6 Å². The van der Waals surface area contributed by atoms with Crippen molar-refractivity contribution >= 4 is 11.6 Å². The number of nitrogens with two attached hydrogens (primary N) is 1. The van der Waals surface area contributed by atoms with Crippen molar-refractivity contribution < 1.29 is 18.3 Å². The molecule has 0 radical (unpaired) electrons. The van der Waals surface area contributed by atoms with Gasteiger partial charge < -0.3 is 15.8 Å². The number of carbonyl (C=O) groups is 1. The Labute approximate surface area is 112 Å². The van der Waals surface area contributed by atoms with E-state index in [-0.39, 0.29) is 23.0 Å². The number of rotatable bonds is 3. The van der Waals surface area contributed by atoms with E-state index in [0.717, 1.165) is 12.1 Å². The van der Waals surface area contributed by atoms with E-state index < -0.39 is 17.5 Å². The SMILES string of the molecule is CNC(=O)c1ccc(Oc2cc(F)c(N)cc2F)nn1. The van der Waals surface area contributed by atoms with Crippen molar-refractivity contribution in [2.24, 2.45) is 0 Å². The highest BCUT2D eigenvalue weighted by atomic mass is 19.1. The summed E-state index contributed by atoms with van der Waals surface area (Å²) in [6.07, 6.45) is 0. The van der Waals surface area contributed by atoms with Crippen LogP contribution in [0.1, 0.15) is 10.5 Å². The molecule has 0 aliphatic rings. The van der Waals surface area contributed by atoms with Crippen LogP contribution in [0.15, 0.2) is 24.3 Å². The van der Waals surface area contributed by atoms with E-state index in [4.69, 9.17) is 10.5 Å². The number of hydrogen-bond acceptors (Lipinski definition) is 5. The molecule has 3 N–H and O–H groups in total. The highest BCUT2D eigenvalue weighted by molar-refractivity contribution is 5.91. The third kappa shape index (κ3) is 2.79. The number of ether oxygens (including phenoxy) is 1. The molecule has 1 amide bonds. The molecule has 0 saturated carbocycles. The number of aromatic nitrogens is 2. The summed E-state index contributed by atoms with van der Waals surface area (Å²) in [5.74, 6) is -2.52. The molecule has 8 heteroatoms. The van der Waals surface area contributed by atoms with Gasteiger partial charge in [-0.1, -0.05) is 0 Å². The van der Waals surface area contributed by atoms with Crippen molar-refractivity contribution in [3.8, 4) is 11.6 Å². The molecule has 20 heavy (non-hydrogen) atoms. The van der Waals surface area contributed by atoms with Gasteiger partial charge in [0, 0.05) is 25.2 Å². The summed E-state index contributed by atoms with van der Waals surface area (Å²) in [6.45, 7) is 0. The van der Waals surface area contributed by atoms with Gasteiger partial charge in [-0.3, -0.25) is 4.79 Å². The Morgan fingerprint density at radius 2 is 2.00 bits per heavy atom. The number of amides is 1. The number of anilines is 1. The molecule has 104 valence electrons. The van der Waals surface area contributed by atoms with Crippen molar-refractivity contribution in [1.82, 2.24) is 15.5 Å². The molecule has 1 aromatic heterocycles. The Morgan fingerprint density at radius 1 is 1.25 bits per heavy atom. The quantitative estimate of drug-likeness (QED) is 0.831. The average Bonchev–Trinajstić information content (AvgIpc) is 2.44. The zero-order valence-electron chi connectivity index (χ0n) is 10.4. The molecular weight excluding hydrogens is 270 g/mol. The minimum absolute atomic E-state index is 0.0730. The third-order valence-corrected chi connectivity index (χ3v) is 2.37. The number of hydrogen-bond donors (Lipinski definition) is 2. The molecule has 0 fully saturated rings. The molecular formula is C12H10F2N4O2. The molecule has 1 aromatic carbocycles. The molecule has 0 unspecified atom stereocenters. The van der Waals surface area contributed by atoms with Gasteiger partial charge in [0.15, 0.2) is 17.3 Å². The lowest BCUT2D eigenvalue weighted by atomic mass is 10.3. The van der Waals surface area contributed by atoms with Gasteiger partial charge >= 0.3 is 0 Å². The number of nitrogens with one attached hydrogen (secondary N) is 1. The molecule has 0 spiro atoms. The van der Waals surface area contributed by atoms with E-state index >= 15 is 0 Å². The highest BCUT2D eigenvalue weighted by Gasteiger charge is 2.12. The predicted molar refractivity (Wildman–Crippen MR) is 66.3 cm³/mol. The number of halogens is 2. The Bertz CT molecular complexity index is 647. The normalized spacial score (nSPS) is 10.2. The smallest absolute Gasteiger partial charge is 0.271 e. The highest BCUT2D eigenvalue weighted by Crippen LogP contribution is 2.26. The minimum atomic E-state index is -0.832. The monoisotopic (exact) mass is 280 g/mol. The van der Waals surface area contributed by atoms with E-state index in [0.29, 0.717) is 0 Å². The van der Waals surface area contributed by atoms with Gasteiger partial charge in [0.05, 0.1) is 5.69 Å². The Balaban J connectivity index is 2.22. The van der Waals surface area contributed by atoms with Gasteiger partial charge in [0.2, 0.25) is 5.88 Å². The van der Waals surface area contributed by atoms with Crippen LogP contribution in [0, 0.1) is 11.6 Å². The van der Waals surface area contributed by atoms with Gasteiger partial charge in [-0.25, -0.2) is 8.78 Å². The lowest BCUT2D eigenvalue weighted by Crippen LogP contribution is -2.19. The molecule has 0 saturated heterocycles. The summed E-state index contributed by atoms with van der Waals surface area (Å²) >= 11 is 0. The number of nitrogen functional groups attached to an aromatic ring is 1. The van der Waals surface area contributed by atoms with Gasteiger partial charge in [-0.05, 0) is 6.07 Å². The molecule has 0 bridgehead atoms. The Hall–Kier alpha value is -2.77. The predicted octanol–water partition coefficient (Wildman–Crippen LogP) is 1.49. The molecule has 2 aromatic rings. The van der Waals surface area contributed by atoms with Crippen molar-refractivity contribution in [3.63, 3.8) is 0 Å². The molecule has 1 heterocycles. The Morgan fingerprint density at radius 3 is 2.60 bits per heavy atom. The fourth-order valence-corrected chi connectivity index (χ4v) is 1.36. The van der Waals surface area contributed by atoms with E-state index in [1.54, 1.807) is 0 Å². The van der Waals surface area contributed by atoms with Gasteiger partial charge in [0.25, 0.3) is 5.91 Å². The van der Waals surface area contributed by atoms with Crippen LogP contribution in [-0.2, 0) is 0 Å². The van der Waals surface area contributed by atoms with Crippen LogP contribution in [0.5, 0.6) is 11.6 Å². The van der Waals surface area contributed by atoms with Crippen LogP contribution in [0.25, 0.3) is 0 Å². The van der Waals surface area contributed by atoms with Gasteiger partial charge in [0.1, 0.15) is 5.82 Å². The second-order valence-electron chi connectivity index (χ2n) is 3.74. The molecule has 0 atom stereocenters. The second-order valence-corrected chi connectivity index (χ2v) is 3.74. The summed E-state index contributed by atoms with van der Waals surface area (Å²) in [5.41, 5.74) is 4.96. The maximum atomic E-state index is 13.5. The second kappa shape index (κ2) is 5.47. The Kier molecular flexibility index (Phi) is 3.74. The molecule has 0 aliphatic heterocycles. The fraction of sp³-hybridized carbons (Fsp3) is 0.0833. The van der Waals surface area contributed by atoms with E-state index in [1.807, 2.05) is 0 Å². The van der Waals surface area contributed by atoms with E-state index in [1.165, 1.54) is 19.2 Å². The number of nitrogens with zero attached hydrogens (tertiary/aromatic N) is 2. The molecule has 2 rings (SSSR count). The first-order chi connectivity index (χ1) is 9.51. The van der Waals surface area contributed by atoms with Crippen LogP contribution in [0.2, 0.25) is 0 Å². The van der Waals surface area contributed by atoms with Gasteiger partial charge in [-0.15, -0.1) is 10.2 Å². The maximum absolute atomic E-state index is 13.5. The molecule has 6 nitrogen and oxygen atoms in total. The van der Waals surface area contributed by atoms with Crippen LogP contribution in [0.3, 0.4) is 0 Å². The topological polar surface area (TPSA) is 90.1 Å². The lowest BCUT2D eigenvalue weighted by Gasteiger charge is -2.07. The fourth-order valence-electron chi connectivity index (χ4n) is 1.36. The summed E-state index contributed by atoms with van der Waals surface area (Å²) in [6, 6.07) is 4.26. The first kappa shape index (κ1) is 13.7. The summed E-state index contributed by atoms with van der Waals surface area (Å²) < 4.78 is 31.7. The van der Waals surface area contributed by atoms with Gasteiger partial charge in [-0.2, -0.15) is 0 Å².